The lowest BCUT2D eigenvalue weighted by Gasteiger charge is -2.13. The molecular weight excluding hydrogens is 210 g/mol. The molecule has 0 aromatic heterocycles. The molecule has 3 nitrogen and oxygen atoms in total. The molecule has 1 heterocycles. The Morgan fingerprint density at radius 1 is 1.40 bits per heavy atom. The lowest BCUT2D eigenvalue weighted by atomic mass is 10.3. The second-order valence-electron chi connectivity index (χ2n) is 4.51. The van der Waals surface area contributed by atoms with E-state index in [4.69, 9.17) is 4.74 Å². The van der Waals surface area contributed by atoms with Gasteiger partial charge in [0.25, 0.3) is 0 Å². The molecule has 0 aromatic carbocycles. The van der Waals surface area contributed by atoms with Crippen LogP contribution in [0, 0.1) is 0 Å². The highest BCUT2D eigenvalue weighted by Gasteiger charge is 2.21. The molecule has 2 aliphatic rings. The normalized spacial score (nSPS) is 28.2. The van der Waals surface area contributed by atoms with Crippen molar-refractivity contribution in [2.75, 3.05) is 24.7 Å². The number of aliphatic hydroxyl groups excluding tert-OH is 1. The minimum absolute atomic E-state index is 0.197. The zero-order valence-electron chi connectivity index (χ0n) is 9.15. The van der Waals surface area contributed by atoms with Gasteiger partial charge in [-0.2, -0.15) is 11.8 Å². The van der Waals surface area contributed by atoms with Gasteiger partial charge in [-0.3, -0.25) is 0 Å². The molecule has 2 fully saturated rings. The Labute approximate surface area is 96.0 Å². The highest BCUT2D eigenvalue weighted by Crippen LogP contribution is 2.19. The minimum Gasteiger partial charge on any atom is -0.391 e. The van der Waals surface area contributed by atoms with Gasteiger partial charge in [-0.05, 0) is 25.7 Å². The summed E-state index contributed by atoms with van der Waals surface area (Å²) in [6, 6.07) is 0.697. The third-order valence-electron chi connectivity index (χ3n) is 2.86. The molecule has 2 atom stereocenters. The van der Waals surface area contributed by atoms with Crippen molar-refractivity contribution in [2.45, 2.75) is 43.9 Å². The third-order valence-corrected chi connectivity index (χ3v) is 4.09. The van der Waals surface area contributed by atoms with Crippen LogP contribution >= 0.6 is 11.8 Å². The van der Waals surface area contributed by atoms with Gasteiger partial charge in [0.05, 0.1) is 12.2 Å². The lowest BCUT2D eigenvalue weighted by Crippen LogP contribution is -2.30. The zero-order chi connectivity index (χ0) is 10.5. The summed E-state index contributed by atoms with van der Waals surface area (Å²) in [5, 5.41) is 13.0. The quantitative estimate of drug-likeness (QED) is 0.686. The van der Waals surface area contributed by atoms with Crippen LogP contribution in [0.2, 0.25) is 0 Å². The average Bonchev–Trinajstić information content (AvgIpc) is 2.92. The van der Waals surface area contributed by atoms with Gasteiger partial charge in [-0.1, -0.05) is 0 Å². The van der Waals surface area contributed by atoms with E-state index in [2.05, 4.69) is 5.32 Å². The summed E-state index contributed by atoms with van der Waals surface area (Å²) in [5.41, 5.74) is 0. The van der Waals surface area contributed by atoms with Gasteiger partial charge in [0.2, 0.25) is 0 Å². The molecule has 2 unspecified atom stereocenters. The second-order valence-corrected chi connectivity index (χ2v) is 5.58. The van der Waals surface area contributed by atoms with Crippen LogP contribution < -0.4 is 5.32 Å². The summed E-state index contributed by atoms with van der Waals surface area (Å²) in [6.07, 6.45) is 5.22. The van der Waals surface area contributed by atoms with E-state index >= 15 is 0 Å². The van der Waals surface area contributed by atoms with Gasteiger partial charge >= 0.3 is 0 Å². The van der Waals surface area contributed by atoms with Crippen LogP contribution in [-0.2, 0) is 4.74 Å². The number of hydrogen-bond acceptors (Lipinski definition) is 4. The highest BCUT2D eigenvalue weighted by molar-refractivity contribution is 7.99. The number of aliphatic hydroxyl groups is 1. The summed E-state index contributed by atoms with van der Waals surface area (Å²) < 4.78 is 5.52. The average molecular weight is 231 g/mol. The van der Waals surface area contributed by atoms with Gasteiger partial charge < -0.3 is 15.2 Å². The molecule has 0 bridgehead atoms. The molecule has 1 saturated carbocycles. The molecule has 4 heteroatoms. The lowest BCUT2D eigenvalue weighted by molar-refractivity contribution is 0.128. The summed E-state index contributed by atoms with van der Waals surface area (Å²) in [4.78, 5) is 0. The van der Waals surface area contributed by atoms with Gasteiger partial charge in [-0.25, -0.2) is 0 Å². The molecule has 0 radical (unpaired) electrons. The Morgan fingerprint density at radius 2 is 2.27 bits per heavy atom. The Bertz CT molecular complexity index is 181. The van der Waals surface area contributed by atoms with E-state index in [0.717, 1.165) is 24.7 Å². The van der Waals surface area contributed by atoms with Gasteiger partial charge in [0.15, 0.2) is 0 Å². The fraction of sp³-hybridized carbons (Fsp3) is 1.00. The first kappa shape index (κ1) is 11.7. The number of nitrogens with one attached hydrogen (secondary N) is 1. The highest BCUT2D eigenvalue weighted by atomic mass is 32.2. The van der Waals surface area contributed by atoms with Crippen molar-refractivity contribution in [1.82, 2.24) is 5.32 Å². The Kier molecular flexibility index (Phi) is 4.75. The molecular formula is C11H21NO2S. The van der Waals surface area contributed by atoms with Crippen LogP contribution in [0.4, 0.5) is 0 Å². The third kappa shape index (κ3) is 4.72. The molecule has 0 aromatic rings. The van der Waals surface area contributed by atoms with E-state index in [0.29, 0.717) is 12.1 Å². The molecule has 0 amide bonds. The number of ether oxygens (including phenoxy) is 1. The first-order valence-electron chi connectivity index (χ1n) is 5.95. The Hall–Kier alpha value is 0.230. The summed E-state index contributed by atoms with van der Waals surface area (Å²) in [6.45, 7) is 1.68. The summed E-state index contributed by atoms with van der Waals surface area (Å²) >= 11 is 1.82. The van der Waals surface area contributed by atoms with Crippen molar-refractivity contribution in [1.29, 1.82) is 0 Å². The van der Waals surface area contributed by atoms with Crippen molar-refractivity contribution >= 4 is 11.8 Å². The van der Waals surface area contributed by atoms with E-state index in [1.807, 2.05) is 11.8 Å². The SMILES string of the molecule is OC(CNC1CC1)CSCC1CCCO1. The molecule has 15 heavy (non-hydrogen) atoms. The molecule has 2 rings (SSSR count). The van der Waals surface area contributed by atoms with Crippen LogP contribution in [0.15, 0.2) is 0 Å². The predicted molar refractivity (Wildman–Crippen MR) is 63.3 cm³/mol. The molecule has 0 spiro atoms. The van der Waals surface area contributed by atoms with Crippen molar-refractivity contribution in [2.24, 2.45) is 0 Å². The first-order valence-corrected chi connectivity index (χ1v) is 7.11. The van der Waals surface area contributed by atoms with E-state index in [1.165, 1.54) is 25.7 Å². The second kappa shape index (κ2) is 6.09. The summed E-state index contributed by atoms with van der Waals surface area (Å²) in [7, 11) is 0. The smallest absolute Gasteiger partial charge is 0.0754 e. The van der Waals surface area contributed by atoms with Gasteiger partial charge in [-0.15, -0.1) is 0 Å². The van der Waals surface area contributed by atoms with E-state index in [-0.39, 0.29) is 6.10 Å². The standard InChI is InChI=1S/C11H21NO2S/c13-10(6-12-9-3-4-9)7-15-8-11-2-1-5-14-11/h9-13H,1-8H2. The minimum atomic E-state index is -0.197. The largest absolute Gasteiger partial charge is 0.391 e. The fourth-order valence-electron chi connectivity index (χ4n) is 1.76. The molecule has 1 aliphatic heterocycles. The number of hydrogen-bond donors (Lipinski definition) is 2. The monoisotopic (exact) mass is 231 g/mol. The number of rotatable bonds is 7. The van der Waals surface area contributed by atoms with Crippen LogP contribution in [0.5, 0.6) is 0 Å². The first-order chi connectivity index (χ1) is 7.34. The summed E-state index contributed by atoms with van der Waals surface area (Å²) in [5.74, 6) is 1.88. The van der Waals surface area contributed by atoms with E-state index < -0.39 is 0 Å². The maximum atomic E-state index is 9.68. The number of thioether (sulfide) groups is 1. The molecule has 2 N–H and O–H groups in total. The van der Waals surface area contributed by atoms with Crippen molar-refractivity contribution in [3.05, 3.63) is 0 Å². The molecule has 1 aliphatic carbocycles. The van der Waals surface area contributed by atoms with Gasteiger partial charge in [0.1, 0.15) is 0 Å². The fourth-order valence-corrected chi connectivity index (χ4v) is 2.81. The maximum Gasteiger partial charge on any atom is 0.0754 e. The Balaban J connectivity index is 1.44. The van der Waals surface area contributed by atoms with Crippen LogP contribution in [0.3, 0.4) is 0 Å². The van der Waals surface area contributed by atoms with Crippen LogP contribution in [-0.4, -0.2) is 48.0 Å². The van der Waals surface area contributed by atoms with Crippen LogP contribution in [0.1, 0.15) is 25.7 Å². The molecule has 1 saturated heterocycles. The zero-order valence-corrected chi connectivity index (χ0v) is 9.97. The van der Waals surface area contributed by atoms with Crippen molar-refractivity contribution < 1.29 is 9.84 Å². The van der Waals surface area contributed by atoms with Crippen molar-refractivity contribution in [3.8, 4) is 0 Å². The van der Waals surface area contributed by atoms with E-state index in [9.17, 15) is 5.11 Å². The van der Waals surface area contributed by atoms with Crippen LogP contribution in [0.25, 0.3) is 0 Å². The van der Waals surface area contributed by atoms with Crippen molar-refractivity contribution in [3.63, 3.8) is 0 Å². The molecule has 88 valence electrons. The van der Waals surface area contributed by atoms with Gasteiger partial charge in [0, 0.05) is 30.7 Å². The topological polar surface area (TPSA) is 41.5 Å². The Morgan fingerprint density at radius 3 is 2.93 bits per heavy atom. The predicted octanol–water partition coefficient (Wildman–Crippen LogP) is 1.01. The van der Waals surface area contributed by atoms with E-state index in [1.54, 1.807) is 0 Å². The maximum absolute atomic E-state index is 9.68.